The van der Waals surface area contributed by atoms with Gasteiger partial charge in [-0.05, 0) is 48.2 Å². The van der Waals surface area contributed by atoms with Crippen molar-refractivity contribution in [1.29, 1.82) is 0 Å². The molecule has 4 rings (SSSR count). The van der Waals surface area contributed by atoms with E-state index >= 15 is 0 Å². The first-order valence-corrected chi connectivity index (χ1v) is 15.3. The summed E-state index contributed by atoms with van der Waals surface area (Å²) >= 11 is 7.49. The third-order valence-corrected chi connectivity index (χ3v) is 10.0. The molecule has 0 unspecified atom stereocenters. The molecule has 3 aromatic rings. The van der Waals surface area contributed by atoms with E-state index in [1.54, 1.807) is 18.2 Å². The van der Waals surface area contributed by atoms with Crippen LogP contribution in [0.15, 0.2) is 48.5 Å². The van der Waals surface area contributed by atoms with E-state index in [0.717, 1.165) is 29.2 Å². The van der Waals surface area contributed by atoms with Crippen LogP contribution < -0.4 is 10.1 Å². The van der Waals surface area contributed by atoms with Gasteiger partial charge in [-0.2, -0.15) is 13.2 Å². The monoisotopic (exact) mass is 646 g/mol. The van der Waals surface area contributed by atoms with E-state index in [9.17, 15) is 31.2 Å². The summed E-state index contributed by atoms with van der Waals surface area (Å²) < 4.78 is 75.6. The van der Waals surface area contributed by atoms with Crippen molar-refractivity contribution in [2.75, 3.05) is 32.1 Å². The second-order valence-corrected chi connectivity index (χ2v) is 12.8. The Hall–Kier alpha value is -3.33. The van der Waals surface area contributed by atoms with E-state index in [1.165, 1.54) is 23.5 Å². The first kappa shape index (κ1) is 31.6. The molecular weight excluding hydrogens is 621 g/mol. The number of ether oxygens (including phenoxy) is 2. The standard InChI is InChI=1S/C27H26ClF3N2O7S2/c1-39-26(36)25-23(40-14-21(34)35)22(28)24(41-25)17-3-2-4-20(13-17)32-19-9-11-33(12-10-19)42(37,38)15-16-5-7-18(8-6-16)27(29,30)31/h2-8,13,19,32H,9-12,14-15H2,1H3,(H,34,35). The predicted molar refractivity (Wildman–Crippen MR) is 152 cm³/mol. The molecule has 2 aromatic carbocycles. The minimum absolute atomic E-state index is 0.0296. The maximum Gasteiger partial charge on any atom is 0.416 e. The topological polar surface area (TPSA) is 122 Å². The molecule has 1 aliphatic heterocycles. The summed E-state index contributed by atoms with van der Waals surface area (Å²) in [5, 5.41) is 12.4. The molecule has 0 saturated carbocycles. The van der Waals surface area contributed by atoms with Gasteiger partial charge < -0.3 is 19.9 Å². The first-order valence-electron chi connectivity index (χ1n) is 12.5. The molecule has 15 heteroatoms. The van der Waals surface area contributed by atoms with Crippen molar-refractivity contribution >= 4 is 50.6 Å². The number of carboxylic acid groups (broad SMARTS) is 1. The smallest absolute Gasteiger partial charge is 0.416 e. The Bertz CT molecular complexity index is 1550. The van der Waals surface area contributed by atoms with Gasteiger partial charge in [-0.1, -0.05) is 35.9 Å². The van der Waals surface area contributed by atoms with Crippen molar-refractivity contribution in [3.8, 4) is 16.2 Å². The summed E-state index contributed by atoms with van der Waals surface area (Å²) in [6, 6.07) is 11.2. The van der Waals surface area contributed by atoms with Crippen LogP contribution in [0.5, 0.6) is 5.75 Å². The molecule has 2 heterocycles. The summed E-state index contributed by atoms with van der Waals surface area (Å²) in [5.74, 6) is -2.42. The fourth-order valence-electron chi connectivity index (χ4n) is 4.43. The lowest BCUT2D eigenvalue weighted by Gasteiger charge is -2.32. The first-order chi connectivity index (χ1) is 19.8. The van der Waals surface area contributed by atoms with Crippen molar-refractivity contribution in [2.45, 2.75) is 30.8 Å². The number of piperidine rings is 1. The number of thiophene rings is 1. The van der Waals surface area contributed by atoms with Gasteiger partial charge in [0.2, 0.25) is 10.0 Å². The highest BCUT2D eigenvalue weighted by Crippen LogP contribution is 2.46. The molecule has 0 bridgehead atoms. The van der Waals surface area contributed by atoms with Gasteiger partial charge in [0.05, 0.1) is 23.3 Å². The van der Waals surface area contributed by atoms with Gasteiger partial charge in [-0.25, -0.2) is 22.3 Å². The third kappa shape index (κ3) is 7.54. The molecule has 2 N–H and O–H groups in total. The average Bonchev–Trinajstić information content (AvgIpc) is 3.27. The number of nitrogens with zero attached hydrogens (tertiary/aromatic N) is 1. The van der Waals surface area contributed by atoms with Crippen LogP contribution >= 0.6 is 22.9 Å². The zero-order chi connectivity index (χ0) is 30.7. The summed E-state index contributed by atoms with van der Waals surface area (Å²) in [7, 11) is -2.54. The van der Waals surface area contributed by atoms with E-state index in [0.29, 0.717) is 23.3 Å². The number of carbonyl (C=O) groups is 2. The van der Waals surface area contributed by atoms with Crippen molar-refractivity contribution in [3.63, 3.8) is 0 Å². The quantitative estimate of drug-likeness (QED) is 0.267. The summed E-state index contributed by atoms with van der Waals surface area (Å²) in [6.07, 6.45) is -3.50. The van der Waals surface area contributed by atoms with Crippen LogP contribution in [-0.2, 0) is 31.5 Å². The molecule has 1 fully saturated rings. The molecule has 0 spiro atoms. The Kier molecular flexibility index (Phi) is 9.70. The third-order valence-electron chi connectivity index (χ3n) is 6.49. The van der Waals surface area contributed by atoms with E-state index in [1.807, 2.05) is 6.07 Å². The van der Waals surface area contributed by atoms with Crippen LogP contribution in [0, 0.1) is 0 Å². The number of benzene rings is 2. The number of esters is 1. The number of rotatable bonds is 10. The molecule has 1 aromatic heterocycles. The average molecular weight is 647 g/mol. The molecular formula is C27H26ClF3N2O7S2. The lowest BCUT2D eigenvalue weighted by Crippen LogP contribution is -2.42. The van der Waals surface area contributed by atoms with Gasteiger partial charge in [0.1, 0.15) is 5.02 Å². The van der Waals surface area contributed by atoms with Crippen LogP contribution in [0.25, 0.3) is 10.4 Å². The molecule has 226 valence electrons. The van der Waals surface area contributed by atoms with Gasteiger partial charge >= 0.3 is 18.1 Å². The van der Waals surface area contributed by atoms with Crippen LogP contribution in [0.3, 0.4) is 0 Å². The fraction of sp³-hybridized carbons (Fsp3) is 0.333. The van der Waals surface area contributed by atoms with Crippen LogP contribution in [-0.4, -0.2) is 62.6 Å². The number of aliphatic carboxylic acids is 1. The number of sulfonamides is 1. The van der Waals surface area contributed by atoms with Gasteiger partial charge in [0, 0.05) is 24.8 Å². The Balaban J connectivity index is 1.41. The Morgan fingerprint density at radius 2 is 1.81 bits per heavy atom. The lowest BCUT2D eigenvalue weighted by atomic mass is 10.1. The SMILES string of the molecule is COC(=O)c1sc(-c2cccc(NC3CCN(S(=O)(=O)Cc4ccc(C(F)(F)F)cc4)CC3)c2)c(Cl)c1OCC(=O)O. The number of halogens is 4. The maximum absolute atomic E-state index is 12.9. The summed E-state index contributed by atoms with van der Waals surface area (Å²) in [4.78, 5) is 23.7. The second-order valence-electron chi connectivity index (χ2n) is 9.43. The highest BCUT2D eigenvalue weighted by Gasteiger charge is 2.32. The number of hydrogen-bond acceptors (Lipinski definition) is 8. The van der Waals surface area contributed by atoms with Gasteiger partial charge in [0.15, 0.2) is 17.2 Å². The number of methoxy groups -OCH3 is 1. The van der Waals surface area contributed by atoms with E-state index in [-0.39, 0.29) is 40.3 Å². The Morgan fingerprint density at radius 3 is 2.40 bits per heavy atom. The second kappa shape index (κ2) is 12.9. The predicted octanol–water partition coefficient (Wildman–Crippen LogP) is 5.74. The number of carbonyl (C=O) groups excluding carboxylic acids is 1. The van der Waals surface area contributed by atoms with Crippen molar-refractivity contribution in [3.05, 3.63) is 69.6 Å². The molecule has 1 saturated heterocycles. The highest BCUT2D eigenvalue weighted by atomic mass is 35.5. The minimum atomic E-state index is -4.49. The molecule has 42 heavy (non-hydrogen) atoms. The normalized spacial score (nSPS) is 14.9. The fourth-order valence-corrected chi connectivity index (χ4v) is 7.47. The number of alkyl halides is 3. The Morgan fingerprint density at radius 1 is 1.14 bits per heavy atom. The van der Waals surface area contributed by atoms with Crippen molar-refractivity contribution in [1.82, 2.24) is 4.31 Å². The molecule has 0 amide bonds. The molecule has 0 aliphatic carbocycles. The molecule has 0 atom stereocenters. The number of nitrogens with one attached hydrogen (secondary N) is 1. The minimum Gasteiger partial charge on any atom is -0.479 e. The molecule has 0 radical (unpaired) electrons. The van der Waals surface area contributed by atoms with Crippen LogP contribution in [0.4, 0.5) is 18.9 Å². The van der Waals surface area contributed by atoms with Crippen LogP contribution in [0.2, 0.25) is 5.02 Å². The molecule has 9 nitrogen and oxygen atoms in total. The van der Waals surface area contributed by atoms with Gasteiger partial charge in [-0.15, -0.1) is 11.3 Å². The Labute approximate surface area is 248 Å². The molecule has 1 aliphatic rings. The van der Waals surface area contributed by atoms with Gasteiger partial charge in [0.25, 0.3) is 0 Å². The van der Waals surface area contributed by atoms with Gasteiger partial charge in [-0.3, -0.25) is 0 Å². The van der Waals surface area contributed by atoms with E-state index < -0.39 is 46.1 Å². The maximum atomic E-state index is 12.9. The lowest BCUT2D eigenvalue weighted by molar-refractivity contribution is -0.139. The van der Waals surface area contributed by atoms with E-state index in [4.69, 9.17) is 26.2 Å². The summed E-state index contributed by atoms with van der Waals surface area (Å²) in [6.45, 7) is -0.214. The number of carboxylic acids is 1. The number of hydrogen-bond donors (Lipinski definition) is 2. The van der Waals surface area contributed by atoms with E-state index in [2.05, 4.69) is 5.32 Å². The zero-order valence-corrected chi connectivity index (χ0v) is 24.5. The van der Waals surface area contributed by atoms with Crippen molar-refractivity contribution < 1.29 is 45.8 Å². The van der Waals surface area contributed by atoms with Crippen LogP contribution in [0.1, 0.15) is 33.6 Å². The largest absolute Gasteiger partial charge is 0.479 e. The highest BCUT2D eigenvalue weighted by molar-refractivity contribution is 7.88. The number of anilines is 1. The van der Waals surface area contributed by atoms with Crippen molar-refractivity contribution in [2.24, 2.45) is 0 Å². The summed E-state index contributed by atoms with van der Waals surface area (Å²) in [5.41, 5.74) is 0.800. The zero-order valence-electron chi connectivity index (χ0n) is 22.1.